The molecule has 1 aromatic carbocycles. The van der Waals surface area contributed by atoms with Gasteiger partial charge in [0.2, 0.25) is 6.29 Å². The van der Waals surface area contributed by atoms with Crippen molar-refractivity contribution in [2.45, 2.75) is 18.4 Å². The number of aliphatic hydroxyl groups excluding tert-OH is 1. The number of rotatable bonds is 0. The van der Waals surface area contributed by atoms with Gasteiger partial charge in [0.05, 0.1) is 4.47 Å². The number of hydrogen-bond acceptors (Lipinski definition) is 2. The smallest absolute Gasteiger partial charge is 0.402 e. The summed E-state index contributed by atoms with van der Waals surface area (Å²) < 4.78 is 55.8. The molecule has 7 heteroatoms. The van der Waals surface area contributed by atoms with Crippen molar-refractivity contribution >= 4 is 15.9 Å². The summed E-state index contributed by atoms with van der Waals surface area (Å²) in [5.41, 5.74) is -0.658. The largest absolute Gasteiger partial charge is 0.462 e. The van der Waals surface area contributed by atoms with Crippen LogP contribution in [-0.4, -0.2) is 17.6 Å². The van der Waals surface area contributed by atoms with E-state index in [1.165, 1.54) is 6.07 Å². The molecule has 0 spiro atoms. The molecule has 88 valence electrons. The summed E-state index contributed by atoms with van der Waals surface area (Å²) >= 11 is 2.93. The molecular formula is C9H5BrF4O2. The number of ether oxygens (including phenoxy) is 1. The van der Waals surface area contributed by atoms with E-state index in [2.05, 4.69) is 20.7 Å². The van der Waals surface area contributed by atoms with Crippen LogP contribution in [0.2, 0.25) is 0 Å². The third kappa shape index (κ3) is 1.67. The van der Waals surface area contributed by atoms with Crippen molar-refractivity contribution in [2.24, 2.45) is 0 Å². The topological polar surface area (TPSA) is 29.5 Å². The monoisotopic (exact) mass is 300 g/mol. The Bertz CT molecular complexity index is 432. The zero-order valence-electron chi connectivity index (χ0n) is 7.55. The Hall–Kier alpha value is -0.820. The SMILES string of the molecule is OC1Oc2c(Br)ccc(F)c2C1C(F)(F)F. The van der Waals surface area contributed by atoms with E-state index in [-0.39, 0.29) is 10.2 Å². The Kier molecular flexibility index (Phi) is 2.62. The highest BCUT2D eigenvalue weighted by Gasteiger charge is 2.53. The van der Waals surface area contributed by atoms with Crippen molar-refractivity contribution in [3.63, 3.8) is 0 Å². The van der Waals surface area contributed by atoms with E-state index >= 15 is 0 Å². The first kappa shape index (κ1) is 11.7. The van der Waals surface area contributed by atoms with Crippen LogP contribution in [0.25, 0.3) is 0 Å². The van der Waals surface area contributed by atoms with Gasteiger partial charge < -0.3 is 9.84 Å². The van der Waals surface area contributed by atoms with Gasteiger partial charge in [0.1, 0.15) is 17.5 Å². The number of hydrogen-bond donors (Lipinski definition) is 1. The second kappa shape index (κ2) is 3.59. The fourth-order valence-corrected chi connectivity index (χ4v) is 2.05. The van der Waals surface area contributed by atoms with Crippen LogP contribution >= 0.6 is 15.9 Å². The van der Waals surface area contributed by atoms with Crippen molar-refractivity contribution in [2.75, 3.05) is 0 Å². The van der Waals surface area contributed by atoms with Crippen molar-refractivity contribution in [1.82, 2.24) is 0 Å². The van der Waals surface area contributed by atoms with Crippen molar-refractivity contribution in [1.29, 1.82) is 0 Å². The predicted molar refractivity (Wildman–Crippen MR) is 49.5 cm³/mol. The van der Waals surface area contributed by atoms with Gasteiger partial charge in [-0.1, -0.05) is 0 Å². The first-order valence-corrected chi connectivity index (χ1v) is 5.01. The Morgan fingerprint density at radius 2 is 1.94 bits per heavy atom. The van der Waals surface area contributed by atoms with Gasteiger partial charge >= 0.3 is 6.18 Å². The molecule has 2 nitrogen and oxygen atoms in total. The lowest BCUT2D eigenvalue weighted by Crippen LogP contribution is -2.30. The summed E-state index contributed by atoms with van der Waals surface area (Å²) in [6, 6.07) is 2.11. The summed E-state index contributed by atoms with van der Waals surface area (Å²) in [7, 11) is 0. The second-order valence-electron chi connectivity index (χ2n) is 3.30. The lowest BCUT2D eigenvalue weighted by Gasteiger charge is -2.17. The van der Waals surface area contributed by atoms with E-state index < -0.39 is 29.8 Å². The Balaban J connectivity index is 2.61. The summed E-state index contributed by atoms with van der Waals surface area (Å²) in [5.74, 6) is -3.69. The minimum atomic E-state index is -4.76. The maximum atomic E-state index is 13.3. The van der Waals surface area contributed by atoms with E-state index in [1.54, 1.807) is 0 Å². The van der Waals surface area contributed by atoms with Gasteiger partial charge in [-0.2, -0.15) is 13.2 Å². The van der Waals surface area contributed by atoms with Crippen molar-refractivity contribution in [3.05, 3.63) is 28.0 Å². The molecule has 2 atom stereocenters. The molecule has 1 heterocycles. The maximum Gasteiger partial charge on any atom is 0.402 e. The Morgan fingerprint density at radius 1 is 1.31 bits per heavy atom. The van der Waals surface area contributed by atoms with Crippen LogP contribution in [0.1, 0.15) is 11.5 Å². The van der Waals surface area contributed by atoms with Gasteiger partial charge in [-0.25, -0.2) is 4.39 Å². The highest BCUT2D eigenvalue weighted by Crippen LogP contribution is 2.50. The molecule has 0 amide bonds. The van der Waals surface area contributed by atoms with E-state index in [4.69, 9.17) is 5.11 Å². The summed E-state index contributed by atoms with van der Waals surface area (Å²) in [6.07, 6.45) is -6.87. The summed E-state index contributed by atoms with van der Waals surface area (Å²) in [5, 5.41) is 9.17. The molecule has 0 saturated heterocycles. The van der Waals surface area contributed by atoms with Crippen LogP contribution in [0, 0.1) is 5.82 Å². The molecule has 2 rings (SSSR count). The molecule has 2 unspecified atom stereocenters. The highest BCUT2D eigenvalue weighted by molar-refractivity contribution is 9.10. The summed E-state index contributed by atoms with van der Waals surface area (Å²) in [4.78, 5) is 0. The fraction of sp³-hybridized carbons (Fsp3) is 0.333. The first-order valence-electron chi connectivity index (χ1n) is 4.21. The molecule has 1 N–H and O–H groups in total. The minimum Gasteiger partial charge on any atom is -0.462 e. The maximum absolute atomic E-state index is 13.3. The van der Waals surface area contributed by atoms with E-state index in [0.717, 1.165) is 6.07 Å². The van der Waals surface area contributed by atoms with Crippen LogP contribution in [0.4, 0.5) is 17.6 Å². The standard InChI is InChI=1S/C9H5BrF4O2/c10-3-1-2-4(11)5-6(9(12,13)14)8(15)16-7(3)5/h1-2,6,8,15H. The number of alkyl halides is 3. The molecule has 1 aromatic rings. The van der Waals surface area contributed by atoms with Gasteiger partial charge in [0, 0.05) is 5.56 Å². The molecule has 0 fully saturated rings. The van der Waals surface area contributed by atoms with Gasteiger partial charge in [-0.15, -0.1) is 0 Å². The summed E-state index contributed by atoms with van der Waals surface area (Å²) in [6.45, 7) is 0. The molecule has 1 aliphatic rings. The Labute approximate surface area is 96.0 Å². The van der Waals surface area contributed by atoms with Crippen molar-refractivity contribution in [3.8, 4) is 5.75 Å². The second-order valence-corrected chi connectivity index (χ2v) is 4.15. The van der Waals surface area contributed by atoms with Gasteiger partial charge in [0.15, 0.2) is 0 Å². The zero-order valence-corrected chi connectivity index (χ0v) is 9.14. The molecule has 0 aromatic heterocycles. The number of halogens is 5. The van der Waals surface area contributed by atoms with Crippen LogP contribution in [0.5, 0.6) is 5.75 Å². The van der Waals surface area contributed by atoms with Crippen LogP contribution < -0.4 is 4.74 Å². The van der Waals surface area contributed by atoms with E-state index in [1.807, 2.05) is 0 Å². The van der Waals surface area contributed by atoms with Gasteiger partial charge in [0.25, 0.3) is 0 Å². The zero-order chi connectivity index (χ0) is 12.1. The lowest BCUT2D eigenvalue weighted by atomic mass is 9.99. The molecule has 1 aliphatic heterocycles. The highest BCUT2D eigenvalue weighted by atomic mass is 79.9. The first-order chi connectivity index (χ1) is 7.32. The van der Waals surface area contributed by atoms with Gasteiger partial charge in [-0.05, 0) is 28.1 Å². The van der Waals surface area contributed by atoms with Gasteiger partial charge in [-0.3, -0.25) is 0 Å². The minimum absolute atomic E-state index is 0.176. The number of aliphatic hydroxyl groups is 1. The van der Waals surface area contributed by atoms with Crippen molar-refractivity contribution < 1.29 is 27.4 Å². The normalized spacial score (nSPS) is 24.1. The number of fused-ring (bicyclic) bond motifs is 1. The fourth-order valence-electron chi connectivity index (χ4n) is 1.62. The lowest BCUT2D eigenvalue weighted by molar-refractivity contribution is -0.192. The average Bonchev–Trinajstić information content (AvgIpc) is 2.49. The quantitative estimate of drug-likeness (QED) is 0.747. The third-order valence-electron chi connectivity index (χ3n) is 2.28. The van der Waals surface area contributed by atoms with Crippen LogP contribution in [0.15, 0.2) is 16.6 Å². The number of benzene rings is 1. The molecular weight excluding hydrogens is 296 g/mol. The molecule has 16 heavy (non-hydrogen) atoms. The average molecular weight is 301 g/mol. The van der Waals surface area contributed by atoms with E-state index in [9.17, 15) is 17.6 Å². The molecule has 0 saturated carbocycles. The Morgan fingerprint density at radius 3 is 2.50 bits per heavy atom. The molecule has 0 bridgehead atoms. The molecule has 0 radical (unpaired) electrons. The van der Waals surface area contributed by atoms with Crippen LogP contribution in [0.3, 0.4) is 0 Å². The molecule has 0 aliphatic carbocycles. The predicted octanol–water partition coefficient (Wildman–Crippen LogP) is 2.94. The van der Waals surface area contributed by atoms with E-state index in [0.29, 0.717) is 0 Å². The third-order valence-corrected chi connectivity index (χ3v) is 2.91. The van der Waals surface area contributed by atoms with Crippen LogP contribution in [-0.2, 0) is 0 Å².